The number of thiocarbonyl (C=S) groups is 1. The molecule has 1 fully saturated rings. The van der Waals surface area contributed by atoms with Crippen molar-refractivity contribution < 1.29 is 18.7 Å². The van der Waals surface area contributed by atoms with Gasteiger partial charge in [-0.3, -0.25) is 9.69 Å². The largest absolute Gasteiger partial charge is 0.497 e. The smallest absolute Gasteiger partial charge is 0.270 e. The summed E-state index contributed by atoms with van der Waals surface area (Å²) in [4.78, 5) is 15.1. The molecule has 0 aliphatic carbocycles. The molecule has 3 aromatic carbocycles. The number of hydrogen-bond acceptors (Lipinski definition) is 5. The summed E-state index contributed by atoms with van der Waals surface area (Å²) < 4.78 is 26.3. The van der Waals surface area contributed by atoms with Crippen LogP contribution in [0.5, 0.6) is 11.5 Å². The van der Waals surface area contributed by atoms with E-state index in [4.69, 9.17) is 21.7 Å². The summed E-state index contributed by atoms with van der Waals surface area (Å²) in [6.07, 6.45) is 1.74. The molecular formula is C24H17BrFNO3S2. The van der Waals surface area contributed by atoms with Crippen molar-refractivity contribution in [3.8, 4) is 11.5 Å². The standard InChI is InChI=1S/C24H17BrFNO3S2/c1-29-19-9-7-18(8-10-19)27-23(28)22(32-24(27)31)13-16-12-17(25)6-11-21(16)30-14-15-4-2-3-5-20(15)26/h2-13H,14H2,1H3/b22-13+. The van der Waals surface area contributed by atoms with E-state index in [1.54, 1.807) is 61.7 Å². The molecule has 1 saturated heterocycles. The van der Waals surface area contributed by atoms with E-state index < -0.39 is 0 Å². The topological polar surface area (TPSA) is 38.8 Å². The third-order valence-corrected chi connectivity index (χ3v) is 6.52. The Labute approximate surface area is 203 Å². The number of hydrogen-bond donors (Lipinski definition) is 0. The number of amides is 1. The van der Waals surface area contributed by atoms with Crippen molar-refractivity contribution >= 4 is 61.9 Å². The fraction of sp³-hybridized carbons (Fsp3) is 0.0833. The third kappa shape index (κ3) is 4.87. The number of benzene rings is 3. The fourth-order valence-electron chi connectivity index (χ4n) is 3.10. The van der Waals surface area contributed by atoms with E-state index in [9.17, 15) is 9.18 Å². The average Bonchev–Trinajstić information content (AvgIpc) is 3.07. The Morgan fingerprint density at radius 2 is 1.88 bits per heavy atom. The second-order valence-corrected chi connectivity index (χ2v) is 9.37. The molecule has 0 atom stereocenters. The molecule has 1 aliphatic rings. The molecule has 0 N–H and O–H groups in total. The first kappa shape index (κ1) is 22.5. The average molecular weight is 530 g/mol. The first-order chi connectivity index (χ1) is 15.5. The van der Waals surface area contributed by atoms with Gasteiger partial charge in [-0.2, -0.15) is 0 Å². The molecule has 1 heterocycles. The van der Waals surface area contributed by atoms with Crippen LogP contribution < -0.4 is 14.4 Å². The highest BCUT2D eigenvalue weighted by molar-refractivity contribution is 9.10. The number of halogens is 2. The molecule has 0 saturated carbocycles. The third-order valence-electron chi connectivity index (χ3n) is 4.72. The van der Waals surface area contributed by atoms with Crippen LogP contribution in [0.4, 0.5) is 10.1 Å². The number of ether oxygens (including phenoxy) is 2. The Hall–Kier alpha value is -2.68. The summed E-state index contributed by atoms with van der Waals surface area (Å²) in [7, 11) is 1.58. The minimum Gasteiger partial charge on any atom is -0.497 e. The number of carbonyl (C=O) groups excluding carboxylic acids is 1. The summed E-state index contributed by atoms with van der Waals surface area (Å²) in [5.74, 6) is 0.684. The molecule has 1 aliphatic heterocycles. The van der Waals surface area contributed by atoms with Gasteiger partial charge in [-0.05, 0) is 54.6 Å². The van der Waals surface area contributed by atoms with Gasteiger partial charge in [0.1, 0.15) is 23.9 Å². The highest BCUT2D eigenvalue weighted by Gasteiger charge is 2.33. The lowest BCUT2D eigenvalue weighted by Gasteiger charge is -2.15. The zero-order valence-corrected chi connectivity index (χ0v) is 20.1. The summed E-state index contributed by atoms with van der Waals surface area (Å²) >= 11 is 10.1. The maximum atomic E-state index is 14.0. The van der Waals surface area contributed by atoms with Crippen LogP contribution in [0.1, 0.15) is 11.1 Å². The molecule has 0 aromatic heterocycles. The zero-order valence-electron chi connectivity index (χ0n) is 16.9. The second kappa shape index (κ2) is 9.85. The van der Waals surface area contributed by atoms with Gasteiger partial charge in [0.15, 0.2) is 4.32 Å². The van der Waals surface area contributed by atoms with Crippen molar-refractivity contribution in [2.75, 3.05) is 12.0 Å². The number of anilines is 1. The van der Waals surface area contributed by atoms with Crippen LogP contribution in [0, 0.1) is 5.82 Å². The Bertz CT molecular complexity index is 1210. The van der Waals surface area contributed by atoms with Crippen LogP contribution in [0.3, 0.4) is 0 Å². The summed E-state index contributed by atoms with van der Waals surface area (Å²) in [6, 6.07) is 19.0. The van der Waals surface area contributed by atoms with Crippen molar-refractivity contribution in [2.24, 2.45) is 0 Å². The van der Waals surface area contributed by atoms with Gasteiger partial charge < -0.3 is 9.47 Å². The van der Waals surface area contributed by atoms with Crippen LogP contribution in [0.15, 0.2) is 76.1 Å². The molecule has 3 aromatic rings. The van der Waals surface area contributed by atoms with E-state index in [2.05, 4.69) is 15.9 Å². The van der Waals surface area contributed by atoms with E-state index in [0.29, 0.717) is 37.5 Å². The van der Waals surface area contributed by atoms with Gasteiger partial charge in [-0.1, -0.05) is 58.1 Å². The predicted octanol–water partition coefficient (Wildman–Crippen LogP) is 6.58. The summed E-state index contributed by atoms with van der Waals surface area (Å²) in [5, 5.41) is 0. The molecule has 162 valence electrons. The van der Waals surface area contributed by atoms with Crippen LogP contribution >= 0.6 is 39.9 Å². The quantitative estimate of drug-likeness (QED) is 0.266. The van der Waals surface area contributed by atoms with E-state index >= 15 is 0 Å². The van der Waals surface area contributed by atoms with Crippen molar-refractivity contribution in [1.82, 2.24) is 0 Å². The van der Waals surface area contributed by atoms with Gasteiger partial charge in [0.25, 0.3) is 5.91 Å². The highest BCUT2D eigenvalue weighted by atomic mass is 79.9. The Kier molecular flexibility index (Phi) is 6.93. The number of methoxy groups -OCH3 is 1. The number of carbonyl (C=O) groups is 1. The van der Waals surface area contributed by atoms with Crippen molar-refractivity contribution in [2.45, 2.75) is 6.61 Å². The minimum atomic E-state index is -0.327. The number of thioether (sulfide) groups is 1. The van der Waals surface area contributed by atoms with Gasteiger partial charge >= 0.3 is 0 Å². The van der Waals surface area contributed by atoms with E-state index in [-0.39, 0.29) is 18.3 Å². The van der Waals surface area contributed by atoms with Gasteiger partial charge in [-0.15, -0.1) is 0 Å². The van der Waals surface area contributed by atoms with E-state index in [1.807, 2.05) is 12.1 Å². The summed E-state index contributed by atoms with van der Waals surface area (Å²) in [6.45, 7) is 0.0714. The lowest BCUT2D eigenvalue weighted by Crippen LogP contribution is -2.27. The summed E-state index contributed by atoms with van der Waals surface area (Å²) in [5.41, 5.74) is 1.81. The van der Waals surface area contributed by atoms with Crippen LogP contribution in [-0.2, 0) is 11.4 Å². The molecule has 0 spiro atoms. The maximum Gasteiger partial charge on any atom is 0.270 e. The Morgan fingerprint density at radius 1 is 1.12 bits per heavy atom. The van der Waals surface area contributed by atoms with E-state index in [0.717, 1.165) is 4.47 Å². The van der Waals surface area contributed by atoms with Gasteiger partial charge in [-0.25, -0.2) is 4.39 Å². The van der Waals surface area contributed by atoms with Gasteiger partial charge in [0.2, 0.25) is 0 Å². The lowest BCUT2D eigenvalue weighted by molar-refractivity contribution is -0.113. The number of rotatable bonds is 6. The monoisotopic (exact) mass is 529 g/mol. The van der Waals surface area contributed by atoms with Crippen molar-refractivity contribution in [1.29, 1.82) is 0 Å². The molecule has 0 unspecified atom stereocenters. The molecule has 4 nitrogen and oxygen atoms in total. The SMILES string of the molecule is COc1ccc(N2C(=O)/C(=C\c3cc(Br)ccc3OCc3ccccc3F)SC2=S)cc1. The van der Waals surface area contributed by atoms with Crippen LogP contribution in [-0.4, -0.2) is 17.3 Å². The minimum absolute atomic E-state index is 0.0714. The molecular weight excluding hydrogens is 513 g/mol. The normalized spacial score (nSPS) is 14.8. The lowest BCUT2D eigenvalue weighted by atomic mass is 10.1. The van der Waals surface area contributed by atoms with Crippen LogP contribution in [0.25, 0.3) is 6.08 Å². The highest BCUT2D eigenvalue weighted by Crippen LogP contribution is 2.38. The number of nitrogens with zero attached hydrogens (tertiary/aromatic N) is 1. The molecule has 4 rings (SSSR count). The maximum absolute atomic E-state index is 14.0. The first-order valence-electron chi connectivity index (χ1n) is 9.54. The van der Waals surface area contributed by atoms with Crippen LogP contribution in [0.2, 0.25) is 0 Å². The molecule has 32 heavy (non-hydrogen) atoms. The Morgan fingerprint density at radius 3 is 2.59 bits per heavy atom. The first-order valence-corrected chi connectivity index (χ1v) is 11.6. The Balaban J connectivity index is 1.60. The molecule has 8 heteroatoms. The van der Waals surface area contributed by atoms with Crippen molar-refractivity contribution in [3.05, 3.63) is 93.1 Å². The van der Waals surface area contributed by atoms with Crippen molar-refractivity contribution in [3.63, 3.8) is 0 Å². The molecule has 0 bridgehead atoms. The molecule has 0 radical (unpaired) electrons. The second-order valence-electron chi connectivity index (χ2n) is 6.78. The van der Waals surface area contributed by atoms with Gasteiger partial charge in [0, 0.05) is 15.6 Å². The van der Waals surface area contributed by atoms with E-state index in [1.165, 1.54) is 22.7 Å². The van der Waals surface area contributed by atoms with Gasteiger partial charge in [0.05, 0.1) is 17.7 Å². The zero-order chi connectivity index (χ0) is 22.7. The fourth-order valence-corrected chi connectivity index (χ4v) is 4.77. The predicted molar refractivity (Wildman–Crippen MR) is 134 cm³/mol. The molecule has 1 amide bonds.